The number of fused-ring (bicyclic) bond motifs is 2. The second kappa shape index (κ2) is 7.31. The van der Waals surface area contributed by atoms with Gasteiger partial charge < -0.3 is 4.57 Å². The van der Waals surface area contributed by atoms with Gasteiger partial charge in [-0.3, -0.25) is 4.79 Å². The molecule has 26 heavy (non-hydrogen) atoms. The van der Waals surface area contributed by atoms with Crippen molar-refractivity contribution < 1.29 is 4.79 Å². The van der Waals surface area contributed by atoms with Crippen LogP contribution in [0.4, 0.5) is 0 Å². The molecule has 0 radical (unpaired) electrons. The number of amides is 1. The van der Waals surface area contributed by atoms with E-state index in [-0.39, 0.29) is 11.7 Å². The van der Waals surface area contributed by atoms with Crippen LogP contribution in [0.3, 0.4) is 0 Å². The maximum absolute atomic E-state index is 12.0. The molecule has 0 saturated carbocycles. The number of rotatable bonds is 5. The lowest BCUT2D eigenvalue weighted by Crippen LogP contribution is -2.19. The first kappa shape index (κ1) is 16.8. The van der Waals surface area contributed by atoms with Crippen LogP contribution in [0.15, 0.2) is 64.2 Å². The van der Waals surface area contributed by atoms with E-state index in [4.69, 9.17) is 0 Å². The highest BCUT2D eigenvalue weighted by molar-refractivity contribution is 8.01. The average molecular weight is 380 g/mol. The number of hydrogen-bond acceptors (Lipinski definition) is 5. The van der Waals surface area contributed by atoms with E-state index in [2.05, 4.69) is 21.6 Å². The van der Waals surface area contributed by atoms with Gasteiger partial charge in [0.05, 0.1) is 22.2 Å². The van der Waals surface area contributed by atoms with Gasteiger partial charge >= 0.3 is 0 Å². The zero-order valence-corrected chi connectivity index (χ0v) is 15.7. The number of hydrazone groups is 1. The number of benzene rings is 2. The number of carbonyl (C=O) groups is 1. The third-order valence-corrected chi connectivity index (χ3v) is 6.10. The van der Waals surface area contributed by atoms with E-state index in [1.54, 1.807) is 17.6 Å². The van der Waals surface area contributed by atoms with Crippen LogP contribution in [0.2, 0.25) is 0 Å². The van der Waals surface area contributed by atoms with Gasteiger partial charge in [-0.2, -0.15) is 5.10 Å². The van der Waals surface area contributed by atoms with Crippen molar-refractivity contribution in [1.29, 1.82) is 0 Å². The summed E-state index contributed by atoms with van der Waals surface area (Å²) in [4.78, 5) is 16.5. The van der Waals surface area contributed by atoms with Crippen LogP contribution < -0.4 is 5.43 Å². The summed E-state index contributed by atoms with van der Waals surface area (Å²) in [6.07, 6.45) is 3.68. The first-order chi connectivity index (χ1) is 12.7. The molecule has 0 saturated heterocycles. The monoisotopic (exact) mass is 380 g/mol. The molecular weight excluding hydrogens is 364 g/mol. The first-order valence-corrected chi connectivity index (χ1v) is 9.85. The molecule has 4 aromatic rings. The fourth-order valence-corrected chi connectivity index (χ4v) is 4.58. The van der Waals surface area contributed by atoms with E-state index in [1.807, 2.05) is 60.3 Å². The molecule has 130 valence electrons. The number of nitrogens with zero attached hydrogens (tertiary/aromatic N) is 3. The third-order valence-electron chi connectivity index (χ3n) is 3.92. The summed E-state index contributed by atoms with van der Waals surface area (Å²) in [6.45, 7) is 0. The standard InChI is InChI=1S/C19H16N4OS2/c1-23-11-13(14-6-2-4-8-16(14)23)10-20-22-18(24)12-25-19-21-15-7-3-5-9-17(15)26-19/h2-11H,12H2,1H3,(H,22,24)/b20-10-. The normalized spacial score (nSPS) is 11.6. The molecule has 0 atom stereocenters. The Labute approximate surface area is 158 Å². The van der Waals surface area contributed by atoms with Crippen molar-refractivity contribution in [1.82, 2.24) is 15.0 Å². The van der Waals surface area contributed by atoms with Crippen LogP contribution in [0, 0.1) is 0 Å². The molecule has 2 aromatic carbocycles. The van der Waals surface area contributed by atoms with Gasteiger partial charge in [-0.25, -0.2) is 10.4 Å². The van der Waals surface area contributed by atoms with Crippen molar-refractivity contribution in [3.63, 3.8) is 0 Å². The molecule has 1 N–H and O–H groups in total. The number of aromatic nitrogens is 2. The lowest BCUT2D eigenvalue weighted by Gasteiger charge is -1.97. The fourth-order valence-electron chi connectivity index (χ4n) is 2.72. The van der Waals surface area contributed by atoms with Gasteiger partial charge in [0, 0.05) is 29.7 Å². The minimum absolute atomic E-state index is 0.147. The molecule has 0 fully saturated rings. The fraction of sp³-hybridized carbons (Fsp3) is 0.105. The molecule has 0 unspecified atom stereocenters. The summed E-state index contributed by atoms with van der Waals surface area (Å²) in [5, 5.41) is 5.20. The van der Waals surface area contributed by atoms with Crippen LogP contribution in [0.1, 0.15) is 5.56 Å². The highest BCUT2D eigenvalue weighted by Gasteiger charge is 2.07. The van der Waals surface area contributed by atoms with Crippen molar-refractivity contribution in [2.75, 3.05) is 5.75 Å². The number of thioether (sulfide) groups is 1. The average Bonchev–Trinajstić information content (AvgIpc) is 3.21. The Bertz CT molecular complexity index is 1080. The Morgan fingerprint density at radius 1 is 1.27 bits per heavy atom. The second-order valence-corrected chi connectivity index (χ2v) is 7.99. The topological polar surface area (TPSA) is 59.3 Å². The molecule has 1 amide bonds. The number of nitrogens with one attached hydrogen (secondary N) is 1. The Balaban J connectivity index is 1.36. The van der Waals surface area contributed by atoms with E-state index in [1.165, 1.54) is 11.8 Å². The maximum atomic E-state index is 12.0. The lowest BCUT2D eigenvalue weighted by molar-refractivity contribution is -0.118. The number of para-hydroxylation sites is 2. The molecule has 7 heteroatoms. The van der Waals surface area contributed by atoms with Gasteiger partial charge in [0.15, 0.2) is 4.34 Å². The lowest BCUT2D eigenvalue weighted by atomic mass is 10.2. The van der Waals surface area contributed by atoms with Gasteiger partial charge in [0.1, 0.15) is 0 Å². The molecule has 2 heterocycles. The van der Waals surface area contributed by atoms with Gasteiger partial charge in [-0.15, -0.1) is 11.3 Å². The van der Waals surface area contributed by atoms with Crippen LogP contribution in [0.25, 0.3) is 21.1 Å². The molecule has 0 aliphatic heterocycles. The number of thiazole rings is 1. The van der Waals surface area contributed by atoms with Gasteiger partial charge in [0.2, 0.25) is 0 Å². The van der Waals surface area contributed by atoms with Crippen LogP contribution in [-0.2, 0) is 11.8 Å². The van der Waals surface area contributed by atoms with E-state index in [0.29, 0.717) is 0 Å². The smallest absolute Gasteiger partial charge is 0.250 e. The quantitative estimate of drug-likeness (QED) is 0.323. The van der Waals surface area contributed by atoms with Gasteiger partial charge in [0.25, 0.3) is 5.91 Å². The Morgan fingerprint density at radius 2 is 2.08 bits per heavy atom. The minimum Gasteiger partial charge on any atom is -0.350 e. The van der Waals surface area contributed by atoms with E-state index < -0.39 is 0 Å². The summed E-state index contributed by atoms with van der Waals surface area (Å²) in [7, 11) is 1.99. The van der Waals surface area contributed by atoms with Gasteiger partial charge in [-0.1, -0.05) is 42.1 Å². The SMILES string of the molecule is Cn1cc(/C=N\NC(=O)CSc2nc3ccccc3s2)c2ccccc21. The molecule has 0 spiro atoms. The Kier molecular flexibility index (Phi) is 4.73. The highest BCUT2D eigenvalue weighted by Crippen LogP contribution is 2.29. The summed E-state index contributed by atoms with van der Waals surface area (Å²) in [5.74, 6) is 0.137. The first-order valence-electron chi connectivity index (χ1n) is 8.05. The van der Waals surface area contributed by atoms with Crippen molar-refractivity contribution in [2.24, 2.45) is 12.1 Å². The van der Waals surface area contributed by atoms with Crippen LogP contribution in [0.5, 0.6) is 0 Å². The molecule has 0 aliphatic carbocycles. The Morgan fingerprint density at radius 3 is 2.96 bits per heavy atom. The van der Waals surface area contributed by atoms with Crippen molar-refractivity contribution in [3.05, 3.63) is 60.3 Å². The zero-order valence-electron chi connectivity index (χ0n) is 14.0. The third kappa shape index (κ3) is 3.49. The summed E-state index contributed by atoms with van der Waals surface area (Å²) >= 11 is 3.02. The van der Waals surface area contributed by atoms with Crippen molar-refractivity contribution in [2.45, 2.75) is 4.34 Å². The number of hydrogen-bond donors (Lipinski definition) is 1. The summed E-state index contributed by atoms with van der Waals surface area (Å²) in [6, 6.07) is 16.1. The predicted octanol–water partition coefficient (Wildman–Crippen LogP) is 4.03. The van der Waals surface area contributed by atoms with Crippen molar-refractivity contribution in [3.8, 4) is 0 Å². The minimum atomic E-state index is -0.147. The second-order valence-electron chi connectivity index (χ2n) is 5.74. The molecule has 2 aromatic heterocycles. The largest absolute Gasteiger partial charge is 0.350 e. The zero-order chi connectivity index (χ0) is 17.9. The summed E-state index contributed by atoms with van der Waals surface area (Å²) in [5.41, 5.74) is 5.66. The highest BCUT2D eigenvalue weighted by atomic mass is 32.2. The molecule has 0 bridgehead atoms. The van der Waals surface area contributed by atoms with E-state index >= 15 is 0 Å². The van der Waals surface area contributed by atoms with E-state index in [9.17, 15) is 4.79 Å². The van der Waals surface area contributed by atoms with Crippen LogP contribution in [-0.4, -0.2) is 27.4 Å². The summed E-state index contributed by atoms with van der Waals surface area (Å²) < 4.78 is 4.06. The molecule has 4 rings (SSSR count). The van der Waals surface area contributed by atoms with E-state index in [0.717, 1.165) is 31.0 Å². The number of carbonyl (C=O) groups excluding carboxylic acids is 1. The molecule has 5 nitrogen and oxygen atoms in total. The predicted molar refractivity (Wildman–Crippen MR) is 109 cm³/mol. The molecule has 0 aliphatic rings. The maximum Gasteiger partial charge on any atom is 0.250 e. The van der Waals surface area contributed by atoms with Crippen molar-refractivity contribution >= 4 is 56.3 Å². The van der Waals surface area contributed by atoms with Crippen LogP contribution >= 0.6 is 23.1 Å². The Hall–Kier alpha value is -2.64. The number of aryl methyl sites for hydroxylation is 1. The molecular formula is C19H16N4OS2. The van der Waals surface area contributed by atoms with Gasteiger partial charge in [-0.05, 0) is 18.2 Å².